The lowest BCUT2D eigenvalue weighted by molar-refractivity contribution is 0.350. The first-order valence-electron chi connectivity index (χ1n) is 5.45. The van der Waals surface area contributed by atoms with Gasteiger partial charge in [0, 0.05) is 23.3 Å². The zero-order valence-corrected chi connectivity index (χ0v) is 11.9. The first-order chi connectivity index (χ1) is 8.51. The van der Waals surface area contributed by atoms with Crippen molar-refractivity contribution in [2.75, 3.05) is 24.4 Å². The molecule has 98 valence electrons. The van der Waals surface area contributed by atoms with Crippen molar-refractivity contribution in [3.8, 4) is 11.8 Å². The predicted molar refractivity (Wildman–Crippen MR) is 76.3 cm³/mol. The minimum absolute atomic E-state index is 0.136. The van der Waals surface area contributed by atoms with E-state index in [2.05, 4.69) is 11.8 Å². The molecule has 1 aromatic carbocycles. The maximum Gasteiger partial charge on any atom is 0.148 e. The van der Waals surface area contributed by atoms with E-state index in [9.17, 15) is 8.42 Å². The standard InChI is InChI=1S/C13H16O3S2/c1-18(15,16)10-9-17-11-13-6-4-12(5-7-13)3-2-8-14/h4-7,14H,8-11H2,1H3. The summed E-state index contributed by atoms with van der Waals surface area (Å²) in [7, 11) is -2.86. The van der Waals surface area contributed by atoms with E-state index >= 15 is 0 Å². The Morgan fingerprint density at radius 1 is 1.28 bits per heavy atom. The lowest BCUT2D eigenvalue weighted by Gasteiger charge is -2.01. The molecule has 3 nitrogen and oxygen atoms in total. The van der Waals surface area contributed by atoms with E-state index in [4.69, 9.17) is 5.11 Å². The van der Waals surface area contributed by atoms with Crippen LogP contribution in [0.5, 0.6) is 0 Å². The van der Waals surface area contributed by atoms with Gasteiger partial charge in [0.2, 0.25) is 0 Å². The van der Waals surface area contributed by atoms with Crippen molar-refractivity contribution in [1.82, 2.24) is 0 Å². The third-order valence-corrected chi connectivity index (χ3v) is 4.37. The molecule has 0 unspecified atom stereocenters. The lowest BCUT2D eigenvalue weighted by Crippen LogP contribution is -2.05. The lowest BCUT2D eigenvalue weighted by atomic mass is 10.1. The third kappa shape index (κ3) is 6.70. The highest BCUT2D eigenvalue weighted by Gasteiger charge is 2.01. The quantitative estimate of drug-likeness (QED) is 0.654. The Kier molecular flexibility index (Phi) is 6.27. The van der Waals surface area contributed by atoms with Crippen LogP contribution in [-0.4, -0.2) is 37.9 Å². The Hall–Kier alpha value is -0.960. The number of hydrogen-bond donors (Lipinski definition) is 1. The molecule has 0 spiro atoms. The number of hydrogen-bond acceptors (Lipinski definition) is 4. The van der Waals surface area contributed by atoms with Gasteiger partial charge < -0.3 is 5.11 Å². The summed E-state index contributed by atoms with van der Waals surface area (Å²) < 4.78 is 21.9. The summed E-state index contributed by atoms with van der Waals surface area (Å²) >= 11 is 1.60. The van der Waals surface area contributed by atoms with Gasteiger partial charge in [0.05, 0.1) is 5.75 Å². The zero-order valence-electron chi connectivity index (χ0n) is 10.2. The molecule has 0 aromatic heterocycles. The summed E-state index contributed by atoms with van der Waals surface area (Å²) in [5.74, 6) is 7.04. The molecule has 0 aliphatic rings. The first-order valence-corrected chi connectivity index (χ1v) is 8.67. The molecule has 18 heavy (non-hydrogen) atoms. The fourth-order valence-electron chi connectivity index (χ4n) is 1.23. The Bertz CT molecular complexity index is 522. The van der Waals surface area contributed by atoms with E-state index in [1.807, 2.05) is 24.3 Å². The molecule has 1 aromatic rings. The van der Waals surface area contributed by atoms with E-state index in [-0.39, 0.29) is 12.4 Å². The molecule has 0 radical (unpaired) electrons. The van der Waals surface area contributed by atoms with Gasteiger partial charge in [-0.15, -0.1) is 0 Å². The zero-order chi connectivity index (χ0) is 13.4. The van der Waals surface area contributed by atoms with Gasteiger partial charge in [-0.1, -0.05) is 24.0 Å². The molecule has 0 aliphatic heterocycles. The van der Waals surface area contributed by atoms with Crippen molar-refractivity contribution in [2.24, 2.45) is 0 Å². The monoisotopic (exact) mass is 284 g/mol. The molecule has 0 fully saturated rings. The number of benzene rings is 1. The van der Waals surface area contributed by atoms with Crippen LogP contribution in [0.1, 0.15) is 11.1 Å². The van der Waals surface area contributed by atoms with E-state index in [0.717, 1.165) is 16.9 Å². The van der Waals surface area contributed by atoms with Gasteiger partial charge in [-0.25, -0.2) is 8.42 Å². The van der Waals surface area contributed by atoms with Gasteiger partial charge in [0.25, 0.3) is 0 Å². The second kappa shape index (κ2) is 7.47. The minimum atomic E-state index is -2.86. The smallest absolute Gasteiger partial charge is 0.148 e. The fourth-order valence-corrected chi connectivity index (χ4v) is 3.48. The van der Waals surface area contributed by atoms with Crippen LogP contribution in [0.3, 0.4) is 0 Å². The highest BCUT2D eigenvalue weighted by Crippen LogP contribution is 2.13. The van der Waals surface area contributed by atoms with Gasteiger partial charge in [-0.2, -0.15) is 11.8 Å². The van der Waals surface area contributed by atoms with E-state index < -0.39 is 9.84 Å². The number of aliphatic hydroxyl groups excluding tert-OH is 1. The third-order valence-electron chi connectivity index (χ3n) is 2.13. The Balaban J connectivity index is 2.40. The van der Waals surface area contributed by atoms with Crippen molar-refractivity contribution in [3.05, 3.63) is 35.4 Å². The van der Waals surface area contributed by atoms with Crippen molar-refractivity contribution in [1.29, 1.82) is 0 Å². The largest absolute Gasteiger partial charge is 0.384 e. The van der Waals surface area contributed by atoms with Crippen LogP contribution in [0.25, 0.3) is 0 Å². The van der Waals surface area contributed by atoms with Gasteiger partial charge in [-0.05, 0) is 17.7 Å². The second-order valence-electron chi connectivity index (χ2n) is 3.84. The van der Waals surface area contributed by atoms with Crippen molar-refractivity contribution in [3.63, 3.8) is 0 Å². The summed E-state index contributed by atoms with van der Waals surface area (Å²) in [5, 5.41) is 8.57. The molecule has 0 saturated carbocycles. The molecule has 5 heteroatoms. The summed E-state index contributed by atoms with van der Waals surface area (Å²) in [6, 6.07) is 7.73. The van der Waals surface area contributed by atoms with Crippen LogP contribution < -0.4 is 0 Å². The number of rotatable bonds is 5. The van der Waals surface area contributed by atoms with Gasteiger partial charge in [0.15, 0.2) is 0 Å². The van der Waals surface area contributed by atoms with Crippen LogP contribution >= 0.6 is 11.8 Å². The topological polar surface area (TPSA) is 54.4 Å². The Labute approximate surface area is 113 Å². The van der Waals surface area contributed by atoms with Gasteiger partial charge >= 0.3 is 0 Å². The predicted octanol–water partition coefficient (Wildman–Crippen LogP) is 1.31. The van der Waals surface area contributed by atoms with Gasteiger partial charge in [0.1, 0.15) is 16.4 Å². The molecular weight excluding hydrogens is 268 g/mol. The Morgan fingerprint density at radius 3 is 2.50 bits per heavy atom. The molecule has 0 saturated heterocycles. The van der Waals surface area contributed by atoms with E-state index in [1.54, 1.807) is 11.8 Å². The van der Waals surface area contributed by atoms with E-state index in [1.165, 1.54) is 6.26 Å². The molecule has 0 amide bonds. The molecule has 0 aliphatic carbocycles. The average Bonchev–Trinajstić information content (AvgIpc) is 2.32. The fraction of sp³-hybridized carbons (Fsp3) is 0.385. The average molecular weight is 284 g/mol. The molecule has 1 rings (SSSR count). The van der Waals surface area contributed by atoms with Crippen LogP contribution in [0.2, 0.25) is 0 Å². The highest BCUT2D eigenvalue weighted by molar-refractivity contribution is 7.99. The van der Waals surface area contributed by atoms with Crippen LogP contribution in [0.4, 0.5) is 0 Å². The van der Waals surface area contributed by atoms with Crippen LogP contribution in [-0.2, 0) is 15.6 Å². The SMILES string of the molecule is CS(=O)(=O)CCSCc1ccc(C#CCO)cc1. The van der Waals surface area contributed by atoms with Crippen molar-refractivity contribution >= 4 is 21.6 Å². The minimum Gasteiger partial charge on any atom is -0.384 e. The number of thioether (sulfide) groups is 1. The summed E-state index contributed by atoms with van der Waals surface area (Å²) in [5.41, 5.74) is 2.01. The summed E-state index contributed by atoms with van der Waals surface area (Å²) in [6.07, 6.45) is 1.25. The normalized spacial score (nSPS) is 10.8. The number of aliphatic hydroxyl groups is 1. The van der Waals surface area contributed by atoms with Gasteiger partial charge in [-0.3, -0.25) is 0 Å². The van der Waals surface area contributed by atoms with Crippen LogP contribution in [0.15, 0.2) is 24.3 Å². The number of sulfone groups is 1. The summed E-state index contributed by atoms with van der Waals surface area (Å²) in [6.45, 7) is -0.136. The second-order valence-corrected chi connectivity index (χ2v) is 7.20. The van der Waals surface area contributed by atoms with Crippen LogP contribution in [0, 0.1) is 11.8 Å². The molecule has 0 heterocycles. The van der Waals surface area contributed by atoms with Crippen molar-refractivity contribution < 1.29 is 13.5 Å². The molecule has 1 N–H and O–H groups in total. The first kappa shape index (κ1) is 15.1. The maximum absolute atomic E-state index is 10.9. The van der Waals surface area contributed by atoms with Crippen molar-refractivity contribution in [2.45, 2.75) is 5.75 Å². The molecule has 0 atom stereocenters. The summed E-state index contributed by atoms with van der Waals surface area (Å²) in [4.78, 5) is 0. The highest BCUT2D eigenvalue weighted by atomic mass is 32.2. The van der Waals surface area contributed by atoms with E-state index in [0.29, 0.717) is 5.75 Å². The molecule has 0 bridgehead atoms. The Morgan fingerprint density at radius 2 is 1.94 bits per heavy atom. The maximum atomic E-state index is 10.9. The molecular formula is C13H16O3S2.